The third-order valence-electron chi connectivity index (χ3n) is 4.97. The molecular weight excluding hydrogens is 425 g/mol. The van der Waals surface area contributed by atoms with Crippen LogP contribution in [0, 0.1) is 13.8 Å². The summed E-state index contributed by atoms with van der Waals surface area (Å²) >= 11 is 0. The van der Waals surface area contributed by atoms with Crippen LogP contribution in [0.1, 0.15) is 54.5 Å². The summed E-state index contributed by atoms with van der Waals surface area (Å²) in [6, 6.07) is 3.61. The number of alkyl halides is 3. The van der Waals surface area contributed by atoms with E-state index in [-0.39, 0.29) is 24.7 Å². The Morgan fingerprint density at radius 3 is 2.75 bits per heavy atom. The number of pyridine rings is 1. The molecule has 1 N–H and O–H groups in total. The number of hydrogen-bond donors (Lipinski definition) is 1. The Kier molecular flexibility index (Phi) is 7.26. The molecule has 11 heteroatoms. The van der Waals surface area contributed by atoms with Gasteiger partial charge >= 0.3 is 6.18 Å². The van der Waals surface area contributed by atoms with Gasteiger partial charge in [-0.15, -0.1) is 5.10 Å². The minimum Gasteiger partial charge on any atom is -0.477 e. The maximum atomic E-state index is 12.9. The lowest BCUT2D eigenvalue weighted by Crippen LogP contribution is -2.24. The summed E-state index contributed by atoms with van der Waals surface area (Å²) in [6.07, 6.45) is -0.655. The van der Waals surface area contributed by atoms with Crippen molar-refractivity contribution in [1.29, 1.82) is 0 Å². The Morgan fingerprint density at radius 1 is 1.25 bits per heavy atom. The van der Waals surface area contributed by atoms with Crippen molar-refractivity contribution in [2.24, 2.45) is 0 Å². The van der Waals surface area contributed by atoms with Crippen molar-refractivity contribution in [3.63, 3.8) is 0 Å². The normalized spacial score (nSPS) is 11.7. The minimum atomic E-state index is -4.65. The number of nitrogens with zero attached hydrogens (tertiary/aromatic N) is 5. The fourth-order valence-corrected chi connectivity index (χ4v) is 3.21. The SMILES string of the molecule is CCCCOc1ncccc1CNC(=O)CCc1c(C)nc2nc(C(F)(F)F)nn2c1C. The molecule has 0 fully saturated rings. The molecule has 0 unspecified atom stereocenters. The quantitative estimate of drug-likeness (QED) is 0.501. The van der Waals surface area contributed by atoms with E-state index < -0.39 is 12.0 Å². The van der Waals surface area contributed by atoms with Gasteiger partial charge in [0.2, 0.25) is 11.8 Å². The molecule has 172 valence electrons. The van der Waals surface area contributed by atoms with E-state index in [1.165, 1.54) is 0 Å². The van der Waals surface area contributed by atoms with Gasteiger partial charge in [0.25, 0.3) is 11.6 Å². The summed E-state index contributed by atoms with van der Waals surface area (Å²) in [5, 5.41) is 6.36. The van der Waals surface area contributed by atoms with Crippen LogP contribution in [-0.4, -0.2) is 37.1 Å². The van der Waals surface area contributed by atoms with Gasteiger partial charge in [-0.25, -0.2) is 14.5 Å². The molecule has 3 aromatic rings. The predicted molar refractivity (Wildman–Crippen MR) is 110 cm³/mol. The van der Waals surface area contributed by atoms with E-state index in [2.05, 4.69) is 32.3 Å². The molecule has 0 saturated carbocycles. The highest BCUT2D eigenvalue weighted by Gasteiger charge is 2.37. The van der Waals surface area contributed by atoms with E-state index >= 15 is 0 Å². The second kappa shape index (κ2) is 9.92. The number of aromatic nitrogens is 5. The highest BCUT2D eigenvalue weighted by atomic mass is 19.4. The maximum Gasteiger partial charge on any atom is 0.453 e. The minimum absolute atomic E-state index is 0.118. The molecular formula is C21H25F3N6O2. The topological polar surface area (TPSA) is 94.3 Å². The molecule has 3 rings (SSSR count). The summed E-state index contributed by atoms with van der Waals surface area (Å²) in [4.78, 5) is 24.2. The van der Waals surface area contributed by atoms with E-state index in [0.717, 1.165) is 22.9 Å². The van der Waals surface area contributed by atoms with Crippen molar-refractivity contribution in [3.8, 4) is 5.88 Å². The first-order valence-corrected chi connectivity index (χ1v) is 10.3. The van der Waals surface area contributed by atoms with Gasteiger partial charge in [-0.05, 0) is 38.3 Å². The van der Waals surface area contributed by atoms with Crippen LogP contribution in [0.3, 0.4) is 0 Å². The van der Waals surface area contributed by atoms with Gasteiger partial charge in [0, 0.05) is 36.1 Å². The molecule has 0 atom stereocenters. The molecule has 32 heavy (non-hydrogen) atoms. The largest absolute Gasteiger partial charge is 0.477 e. The first-order valence-electron chi connectivity index (χ1n) is 10.3. The Bertz CT molecular complexity index is 1100. The number of nitrogens with one attached hydrogen (secondary N) is 1. The zero-order valence-corrected chi connectivity index (χ0v) is 18.2. The molecule has 0 aromatic carbocycles. The number of carbonyl (C=O) groups excluding carboxylic acids is 1. The van der Waals surface area contributed by atoms with Crippen LogP contribution in [0.25, 0.3) is 5.78 Å². The summed E-state index contributed by atoms with van der Waals surface area (Å²) in [5.74, 6) is -1.07. The number of unbranched alkanes of at least 4 members (excludes halogenated alkanes) is 1. The number of carbonyl (C=O) groups is 1. The van der Waals surface area contributed by atoms with Gasteiger partial charge < -0.3 is 10.1 Å². The number of halogens is 3. The molecule has 0 aliphatic rings. The van der Waals surface area contributed by atoms with Crippen LogP contribution in [0.15, 0.2) is 18.3 Å². The highest BCUT2D eigenvalue weighted by Crippen LogP contribution is 2.27. The van der Waals surface area contributed by atoms with Crippen molar-refractivity contribution >= 4 is 11.7 Å². The number of rotatable bonds is 9. The number of aryl methyl sites for hydroxylation is 2. The van der Waals surface area contributed by atoms with Crippen molar-refractivity contribution in [1.82, 2.24) is 29.9 Å². The van der Waals surface area contributed by atoms with Gasteiger partial charge in [0.1, 0.15) is 0 Å². The van der Waals surface area contributed by atoms with E-state index in [9.17, 15) is 18.0 Å². The lowest BCUT2D eigenvalue weighted by Gasteiger charge is -2.12. The van der Waals surface area contributed by atoms with Gasteiger partial charge in [0.15, 0.2) is 0 Å². The maximum absolute atomic E-state index is 12.9. The van der Waals surface area contributed by atoms with Crippen molar-refractivity contribution in [2.45, 2.75) is 59.2 Å². The molecule has 0 aliphatic heterocycles. The van der Waals surface area contributed by atoms with Crippen LogP contribution >= 0.6 is 0 Å². The van der Waals surface area contributed by atoms with Crippen LogP contribution < -0.4 is 10.1 Å². The predicted octanol–water partition coefficient (Wildman–Crippen LogP) is 3.58. The summed E-state index contributed by atoms with van der Waals surface area (Å²) in [6.45, 7) is 6.21. The van der Waals surface area contributed by atoms with Gasteiger partial charge in [-0.2, -0.15) is 18.2 Å². The van der Waals surface area contributed by atoms with Gasteiger partial charge in [-0.1, -0.05) is 19.4 Å². The lowest BCUT2D eigenvalue weighted by atomic mass is 10.1. The lowest BCUT2D eigenvalue weighted by molar-refractivity contribution is -0.144. The molecule has 1 amide bonds. The molecule has 3 heterocycles. The fraction of sp³-hybridized carbons (Fsp3) is 0.476. The zero-order valence-electron chi connectivity index (χ0n) is 18.2. The zero-order chi connectivity index (χ0) is 23.3. The van der Waals surface area contributed by atoms with Crippen LogP contribution in [0.2, 0.25) is 0 Å². The van der Waals surface area contributed by atoms with E-state index in [1.807, 2.05) is 6.07 Å². The number of amides is 1. The molecule has 0 bridgehead atoms. The fourth-order valence-electron chi connectivity index (χ4n) is 3.21. The number of ether oxygens (including phenoxy) is 1. The monoisotopic (exact) mass is 450 g/mol. The highest BCUT2D eigenvalue weighted by molar-refractivity contribution is 5.76. The van der Waals surface area contributed by atoms with Crippen molar-refractivity contribution in [3.05, 3.63) is 46.7 Å². The molecule has 3 aromatic heterocycles. The Balaban J connectivity index is 1.64. The van der Waals surface area contributed by atoms with E-state index in [0.29, 0.717) is 35.9 Å². The third-order valence-corrected chi connectivity index (χ3v) is 4.97. The number of hydrogen-bond acceptors (Lipinski definition) is 6. The average molecular weight is 450 g/mol. The standard InChI is InChI=1S/C21H25F3N6O2/c1-4-5-11-32-18-15(7-6-10-25-18)12-26-17(31)9-8-16-13(2)27-20-28-19(21(22,23)24)29-30(20)14(16)3/h6-7,10H,4-5,8-9,11-12H2,1-3H3,(H,26,31). The first kappa shape index (κ1) is 23.4. The summed E-state index contributed by atoms with van der Waals surface area (Å²) in [7, 11) is 0. The van der Waals surface area contributed by atoms with E-state index in [4.69, 9.17) is 4.74 Å². The summed E-state index contributed by atoms with van der Waals surface area (Å²) in [5.41, 5.74) is 2.43. The van der Waals surface area contributed by atoms with Crippen molar-refractivity contribution < 1.29 is 22.7 Å². The first-order chi connectivity index (χ1) is 15.2. The second-order valence-corrected chi connectivity index (χ2v) is 7.35. The van der Waals surface area contributed by atoms with Crippen LogP contribution in [0.4, 0.5) is 13.2 Å². The van der Waals surface area contributed by atoms with Crippen LogP contribution in [0.5, 0.6) is 5.88 Å². The molecule has 0 saturated heterocycles. The smallest absolute Gasteiger partial charge is 0.453 e. The second-order valence-electron chi connectivity index (χ2n) is 7.35. The third kappa shape index (κ3) is 5.51. The van der Waals surface area contributed by atoms with Crippen molar-refractivity contribution in [2.75, 3.05) is 6.61 Å². The Hall–Kier alpha value is -3.24. The van der Waals surface area contributed by atoms with E-state index in [1.54, 1.807) is 26.1 Å². The summed E-state index contributed by atoms with van der Waals surface area (Å²) < 4.78 is 45.5. The molecule has 0 spiro atoms. The molecule has 8 nitrogen and oxygen atoms in total. The van der Waals surface area contributed by atoms with Crippen LogP contribution in [-0.2, 0) is 23.9 Å². The average Bonchev–Trinajstić information content (AvgIpc) is 3.18. The number of fused-ring (bicyclic) bond motifs is 1. The molecule has 0 aliphatic carbocycles. The Labute approximate surface area is 183 Å². The Morgan fingerprint density at radius 2 is 2.03 bits per heavy atom. The molecule has 0 radical (unpaired) electrons. The van der Waals surface area contributed by atoms with Gasteiger partial charge in [0.05, 0.1) is 6.61 Å². The van der Waals surface area contributed by atoms with Gasteiger partial charge in [-0.3, -0.25) is 4.79 Å².